The van der Waals surface area contributed by atoms with Crippen LogP contribution in [-0.4, -0.2) is 70.6 Å². The summed E-state index contributed by atoms with van der Waals surface area (Å²) in [6, 6.07) is -2.23. The third-order valence-corrected chi connectivity index (χ3v) is 7.30. The van der Waals surface area contributed by atoms with Crippen LogP contribution in [0.4, 0.5) is 9.93 Å². The third kappa shape index (κ3) is 6.45. The molecule has 0 spiro atoms. The second kappa shape index (κ2) is 11.9. The van der Waals surface area contributed by atoms with Crippen LogP contribution in [0.1, 0.15) is 39.8 Å². The van der Waals surface area contributed by atoms with Crippen LogP contribution < -0.4 is 16.8 Å². The molecule has 0 aromatic carbocycles. The first kappa shape index (κ1) is 29.0. The highest BCUT2D eigenvalue weighted by Gasteiger charge is 2.56. The van der Waals surface area contributed by atoms with Gasteiger partial charge in [-0.3, -0.25) is 14.4 Å². The first-order valence-electron chi connectivity index (χ1n) is 11.5. The van der Waals surface area contributed by atoms with Gasteiger partial charge in [0.2, 0.25) is 12.7 Å². The van der Waals surface area contributed by atoms with Crippen LogP contribution in [0.25, 0.3) is 5.57 Å². The van der Waals surface area contributed by atoms with Crippen molar-refractivity contribution in [2.75, 3.05) is 19.1 Å². The van der Waals surface area contributed by atoms with Gasteiger partial charge in [0, 0.05) is 11.0 Å². The topological polar surface area (TPSA) is 193 Å². The van der Waals surface area contributed by atoms with Gasteiger partial charge in [0.15, 0.2) is 11.2 Å². The van der Waals surface area contributed by atoms with Gasteiger partial charge in [-0.1, -0.05) is 13.0 Å². The van der Waals surface area contributed by atoms with E-state index in [0.717, 1.165) is 11.8 Å². The monoisotopic (exact) mass is 567 g/mol. The summed E-state index contributed by atoms with van der Waals surface area (Å²) < 4.78 is 14.9. The number of nitrogens with two attached hydrogens (primary N) is 2. The molecule has 3 amide bonds. The molecule has 0 aliphatic carbocycles. The SMILES string of the molecule is CC/C=C(\C(=O)N[C@@H]1C(=O)N2[C@@H](C(=O)OCOC(=O)C(C)(C)C)C(COC(N)=O)=CS[C@H]12)c1csc(N)n1. The van der Waals surface area contributed by atoms with Gasteiger partial charge in [-0.2, -0.15) is 0 Å². The molecule has 1 saturated heterocycles. The van der Waals surface area contributed by atoms with E-state index in [4.69, 9.17) is 25.7 Å². The average molecular weight is 568 g/mol. The number of primary amides is 1. The Balaban J connectivity index is 1.75. The largest absolute Gasteiger partial charge is 0.445 e. The van der Waals surface area contributed by atoms with Gasteiger partial charge in [0.1, 0.15) is 18.0 Å². The van der Waals surface area contributed by atoms with Crippen LogP contribution in [0.3, 0.4) is 0 Å². The van der Waals surface area contributed by atoms with Crippen LogP contribution >= 0.6 is 23.1 Å². The highest BCUT2D eigenvalue weighted by molar-refractivity contribution is 8.03. The van der Waals surface area contributed by atoms with Crippen molar-refractivity contribution in [1.82, 2.24) is 15.2 Å². The quantitative estimate of drug-likeness (QED) is 0.169. The molecule has 5 N–H and O–H groups in total. The molecule has 2 aliphatic heterocycles. The Kier molecular flexibility index (Phi) is 9.04. The van der Waals surface area contributed by atoms with E-state index in [1.807, 2.05) is 6.92 Å². The number of anilines is 1. The van der Waals surface area contributed by atoms with Crippen molar-refractivity contribution in [2.45, 2.75) is 51.6 Å². The van der Waals surface area contributed by atoms with Crippen molar-refractivity contribution < 1.29 is 38.2 Å². The number of esters is 2. The van der Waals surface area contributed by atoms with Crippen LogP contribution in [-0.2, 0) is 33.4 Å². The van der Waals surface area contributed by atoms with Crippen molar-refractivity contribution in [1.29, 1.82) is 0 Å². The van der Waals surface area contributed by atoms with E-state index in [1.165, 1.54) is 16.2 Å². The lowest BCUT2D eigenvalue weighted by Crippen LogP contribution is -2.74. The fraction of sp³-hybridized carbons (Fsp3) is 0.478. The Bertz CT molecular complexity index is 1190. The minimum Gasteiger partial charge on any atom is -0.445 e. The number of carbonyl (C=O) groups excluding carboxylic acids is 5. The number of rotatable bonds is 9. The fourth-order valence-corrected chi connectivity index (χ4v) is 5.33. The number of aromatic nitrogens is 1. The Morgan fingerprint density at radius 3 is 2.50 bits per heavy atom. The van der Waals surface area contributed by atoms with Gasteiger partial charge in [0.05, 0.1) is 16.7 Å². The summed E-state index contributed by atoms with van der Waals surface area (Å²) in [5.74, 6) is -2.56. The van der Waals surface area contributed by atoms with Crippen LogP contribution in [0.2, 0.25) is 0 Å². The molecule has 13 nitrogen and oxygen atoms in total. The van der Waals surface area contributed by atoms with Crippen LogP contribution in [0.15, 0.2) is 22.4 Å². The summed E-state index contributed by atoms with van der Waals surface area (Å²) in [5.41, 5.74) is 10.8. The van der Waals surface area contributed by atoms with Gasteiger partial charge in [-0.15, -0.1) is 23.1 Å². The number of β-lactam (4-membered cyclic amide) rings is 1. The number of nitrogens with zero attached hydrogens (tertiary/aromatic N) is 2. The number of nitrogen functional groups attached to an aromatic ring is 1. The molecular weight excluding hydrogens is 538 g/mol. The minimum atomic E-state index is -1.28. The summed E-state index contributed by atoms with van der Waals surface area (Å²) in [7, 11) is 0. The Morgan fingerprint density at radius 1 is 1.21 bits per heavy atom. The lowest BCUT2D eigenvalue weighted by molar-refractivity contribution is -0.179. The predicted molar refractivity (Wildman–Crippen MR) is 139 cm³/mol. The molecule has 38 heavy (non-hydrogen) atoms. The highest BCUT2D eigenvalue weighted by Crippen LogP contribution is 2.40. The zero-order valence-corrected chi connectivity index (χ0v) is 22.9. The number of fused-ring (bicyclic) bond motifs is 1. The maximum absolute atomic E-state index is 13.2. The number of ether oxygens (including phenoxy) is 3. The molecule has 0 bridgehead atoms. The summed E-state index contributed by atoms with van der Waals surface area (Å²) in [6.07, 6.45) is 1.15. The van der Waals surface area contributed by atoms with E-state index in [0.29, 0.717) is 17.2 Å². The van der Waals surface area contributed by atoms with Crippen molar-refractivity contribution in [3.8, 4) is 0 Å². The first-order chi connectivity index (χ1) is 17.8. The molecular formula is C23H29N5O8S2. The van der Waals surface area contributed by atoms with Crippen LogP contribution in [0.5, 0.6) is 0 Å². The smallest absolute Gasteiger partial charge is 0.404 e. The van der Waals surface area contributed by atoms with E-state index in [9.17, 15) is 24.0 Å². The van der Waals surface area contributed by atoms with E-state index >= 15 is 0 Å². The van der Waals surface area contributed by atoms with E-state index in [2.05, 4.69) is 10.3 Å². The average Bonchev–Trinajstić information content (AvgIpc) is 3.28. The van der Waals surface area contributed by atoms with Gasteiger partial charge < -0.3 is 35.9 Å². The second-order valence-corrected chi connectivity index (χ2v) is 11.2. The molecule has 15 heteroatoms. The zero-order valence-electron chi connectivity index (χ0n) is 21.2. The molecule has 206 valence electrons. The first-order valence-corrected chi connectivity index (χ1v) is 13.3. The number of amides is 3. The van der Waals surface area contributed by atoms with Crippen molar-refractivity contribution >= 4 is 63.6 Å². The van der Waals surface area contributed by atoms with E-state index < -0.39 is 59.5 Å². The molecule has 2 aliphatic rings. The van der Waals surface area contributed by atoms with Gasteiger partial charge >= 0.3 is 18.0 Å². The number of thioether (sulfide) groups is 1. The molecule has 0 saturated carbocycles. The maximum Gasteiger partial charge on any atom is 0.404 e. The molecule has 3 rings (SSSR count). The van der Waals surface area contributed by atoms with Crippen molar-refractivity contribution in [2.24, 2.45) is 11.1 Å². The molecule has 3 heterocycles. The highest BCUT2D eigenvalue weighted by atomic mass is 32.2. The minimum absolute atomic E-state index is 0.236. The predicted octanol–water partition coefficient (Wildman–Crippen LogP) is 1.36. The Morgan fingerprint density at radius 2 is 1.92 bits per heavy atom. The number of hydrogen-bond donors (Lipinski definition) is 3. The van der Waals surface area contributed by atoms with Gasteiger partial charge in [-0.25, -0.2) is 14.6 Å². The molecule has 1 aromatic heterocycles. The Hall–Kier alpha value is -3.59. The number of carbonyl (C=O) groups is 5. The number of nitrogens with one attached hydrogen (secondary N) is 1. The number of thiazole rings is 1. The molecule has 0 unspecified atom stereocenters. The lowest BCUT2D eigenvalue weighted by atomic mass is 9.97. The number of hydrogen-bond acceptors (Lipinski definition) is 12. The lowest BCUT2D eigenvalue weighted by Gasteiger charge is -2.51. The summed E-state index contributed by atoms with van der Waals surface area (Å²) >= 11 is 2.34. The maximum atomic E-state index is 13.2. The normalized spacial score (nSPS) is 21.0. The van der Waals surface area contributed by atoms with Gasteiger partial charge in [0.25, 0.3) is 5.91 Å². The van der Waals surface area contributed by atoms with E-state index in [-0.39, 0.29) is 17.8 Å². The molecule has 1 fully saturated rings. The van der Waals surface area contributed by atoms with Crippen molar-refractivity contribution in [3.05, 3.63) is 28.1 Å². The molecule has 0 radical (unpaired) electrons. The Labute approximate surface area is 226 Å². The summed E-state index contributed by atoms with van der Waals surface area (Å²) in [5, 5.41) is 5.55. The third-order valence-electron chi connectivity index (χ3n) is 5.41. The zero-order chi connectivity index (χ0) is 28.2. The summed E-state index contributed by atoms with van der Waals surface area (Å²) in [4.78, 5) is 67.7. The number of allylic oxidation sites excluding steroid dienone is 1. The molecule has 3 atom stereocenters. The van der Waals surface area contributed by atoms with E-state index in [1.54, 1.807) is 37.6 Å². The van der Waals surface area contributed by atoms with Crippen molar-refractivity contribution in [3.63, 3.8) is 0 Å². The molecule has 1 aromatic rings. The van der Waals surface area contributed by atoms with Crippen LogP contribution in [0, 0.1) is 5.41 Å². The fourth-order valence-electron chi connectivity index (χ4n) is 3.55. The second-order valence-electron chi connectivity index (χ2n) is 9.29. The van der Waals surface area contributed by atoms with Gasteiger partial charge in [-0.05, 0) is 32.6 Å². The standard InChI is InChI=1S/C23H29N5O8S2/c1-5-6-12(13-9-38-21(24)26-13)16(29)27-14-17(30)28-15(11(7-34-22(25)33)8-37-18(14)28)19(31)35-10-36-20(32)23(2,3)4/h6,8-9,14-15,18H,5,7,10H2,1-4H3,(H2,24,26)(H2,25,33)(H,27,29)/b12-6-/t14-,15-,18-/m1/s1. The summed E-state index contributed by atoms with van der Waals surface area (Å²) in [6.45, 7) is 5.73.